The van der Waals surface area contributed by atoms with Gasteiger partial charge in [0, 0.05) is 18.7 Å². The van der Waals surface area contributed by atoms with Crippen LogP contribution in [0.15, 0.2) is 28.8 Å². The highest BCUT2D eigenvalue weighted by molar-refractivity contribution is 5.75. The normalized spacial score (nSPS) is 17.7. The first-order valence-electron chi connectivity index (χ1n) is 9.20. The van der Waals surface area contributed by atoms with Crippen molar-refractivity contribution in [3.05, 3.63) is 46.8 Å². The third-order valence-electron chi connectivity index (χ3n) is 5.11. The zero-order valence-corrected chi connectivity index (χ0v) is 15.7. The van der Waals surface area contributed by atoms with Crippen LogP contribution in [0.3, 0.4) is 0 Å². The van der Waals surface area contributed by atoms with Crippen LogP contribution in [-0.4, -0.2) is 29.7 Å². The quantitative estimate of drug-likeness (QED) is 0.893. The van der Waals surface area contributed by atoms with E-state index in [1.807, 2.05) is 30.9 Å². The van der Waals surface area contributed by atoms with Crippen molar-refractivity contribution >= 4 is 6.03 Å². The fraction of sp³-hybridized carbons (Fsp3) is 0.500. The van der Waals surface area contributed by atoms with Crippen LogP contribution in [-0.2, 0) is 6.54 Å². The van der Waals surface area contributed by atoms with Crippen molar-refractivity contribution in [1.82, 2.24) is 15.4 Å². The first-order valence-corrected chi connectivity index (χ1v) is 9.20. The molecule has 0 bridgehead atoms. The van der Waals surface area contributed by atoms with E-state index in [0.29, 0.717) is 6.54 Å². The Hall–Kier alpha value is -2.50. The second kappa shape index (κ2) is 8.25. The minimum atomic E-state index is -0.0345. The van der Waals surface area contributed by atoms with Gasteiger partial charge >= 0.3 is 6.03 Å². The smallest absolute Gasteiger partial charge is 0.318 e. The summed E-state index contributed by atoms with van der Waals surface area (Å²) < 4.78 is 10.4. The molecular formula is C20H27N3O3. The van der Waals surface area contributed by atoms with Gasteiger partial charge in [-0.1, -0.05) is 30.1 Å². The molecule has 2 amide bonds. The van der Waals surface area contributed by atoms with Crippen LogP contribution in [0.25, 0.3) is 0 Å². The van der Waals surface area contributed by atoms with Crippen molar-refractivity contribution in [2.75, 3.05) is 13.7 Å². The number of urea groups is 1. The Morgan fingerprint density at radius 3 is 2.69 bits per heavy atom. The van der Waals surface area contributed by atoms with E-state index in [-0.39, 0.29) is 12.1 Å². The summed E-state index contributed by atoms with van der Waals surface area (Å²) in [5.74, 6) is 1.59. The predicted octanol–water partition coefficient (Wildman–Crippen LogP) is 4.13. The third-order valence-corrected chi connectivity index (χ3v) is 5.11. The summed E-state index contributed by atoms with van der Waals surface area (Å²) in [4.78, 5) is 14.9. The molecule has 26 heavy (non-hydrogen) atoms. The minimum Gasteiger partial charge on any atom is -0.497 e. The number of benzene rings is 1. The number of aryl methyl sites for hydroxylation is 2. The van der Waals surface area contributed by atoms with Gasteiger partial charge in [-0.25, -0.2) is 4.79 Å². The molecule has 0 unspecified atom stereocenters. The molecule has 1 aliphatic heterocycles. The number of hydrogen-bond donors (Lipinski definition) is 1. The molecule has 1 fully saturated rings. The minimum absolute atomic E-state index is 0.0345. The fourth-order valence-electron chi connectivity index (χ4n) is 3.54. The lowest BCUT2D eigenvalue weighted by Gasteiger charge is -2.30. The number of carbonyl (C=O) groups excluding carboxylic acids is 1. The molecule has 1 saturated heterocycles. The van der Waals surface area contributed by atoms with Gasteiger partial charge in [0.05, 0.1) is 18.8 Å². The highest BCUT2D eigenvalue weighted by atomic mass is 16.5. The summed E-state index contributed by atoms with van der Waals surface area (Å²) in [7, 11) is 1.66. The lowest BCUT2D eigenvalue weighted by Crippen LogP contribution is -2.42. The number of likely N-dealkylation sites (tertiary alicyclic amines) is 1. The van der Waals surface area contributed by atoms with E-state index < -0.39 is 0 Å². The molecule has 6 nitrogen and oxygen atoms in total. The number of carbonyl (C=O) groups is 1. The van der Waals surface area contributed by atoms with Crippen molar-refractivity contribution in [3.63, 3.8) is 0 Å². The van der Waals surface area contributed by atoms with Crippen molar-refractivity contribution in [3.8, 4) is 5.75 Å². The maximum Gasteiger partial charge on any atom is 0.318 e. The van der Waals surface area contributed by atoms with Crippen LogP contribution < -0.4 is 10.1 Å². The molecule has 0 spiro atoms. The number of amides is 2. The molecular weight excluding hydrogens is 330 g/mol. The van der Waals surface area contributed by atoms with Gasteiger partial charge in [-0.05, 0) is 44.4 Å². The van der Waals surface area contributed by atoms with Gasteiger partial charge in [-0.15, -0.1) is 0 Å². The Bertz CT molecular complexity index is 720. The van der Waals surface area contributed by atoms with Crippen LogP contribution in [0.1, 0.15) is 54.3 Å². The zero-order chi connectivity index (χ0) is 18.5. The molecule has 140 valence electrons. The summed E-state index contributed by atoms with van der Waals surface area (Å²) in [6, 6.07) is 8.09. The Kier molecular flexibility index (Phi) is 5.81. The summed E-state index contributed by atoms with van der Waals surface area (Å²) in [5, 5.41) is 7.00. The van der Waals surface area contributed by atoms with Gasteiger partial charge in [0.15, 0.2) is 0 Å². The number of hydrogen-bond acceptors (Lipinski definition) is 4. The number of methoxy groups -OCH3 is 1. The van der Waals surface area contributed by atoms with E-state index in [0.717, 1.165) is 60.6 Å². The highest BCUT2D eigenvalue weighted by Crippen LogP contribution is 2.31. The largest absolute Gasteiger partial charge is 0.497 e. The van der Waals surface area contributed by atoms with Gasteiger partial charge < -0.3 is 19.5 Å². The molecule has 1 aromatic carbocycles. The zero-order valence-electron chi connectivity index (χ0n) is 15.7. The topological polar surface area (TPSA) is 67.6 Å². The van der Waals surface area contributed by atoms with Gasteiger partial charge in [0.1, 0.15) is 11.5 Å². The number of ether oxygens (including phenoxy) is 1. The first-order chi connectivity index (χ1) is 12.6. The molecule has 0 radical (unpaired) electrons. The van der Waals surface area contributed by atoms with E-state index in [1.54, 1.807) is 7.11 Å². The number of nitrogens with one attached hydrogen (secondary N) is 1. The SMILES string of the molecule is COc1ccc([C@H]2CCCCCN2C(=O)NCc2c(C)noc2C)cc1. The van der Waals surface area contributed by atoms with Crippen LogP contribution in [0, 0.1) is 13.8 Å². The summed E-state index contributed by atoms with van der Waals surface area (Å²) >= 11 is 0. The molecule has 2 aromatic rings. The average molecular weight is 357 g/mol. The second-order valence-corrected chi connectivity index (χ2v) is 6.79. The summed E-state index contributed by atoms with van der Waals surface area (Å²) in [6.45, 7) is 4.97. The molecule has 0 aliphatic carbocycles. The number of rotatable bonds is 4. The molecule has 1 aromatic heterocycles. The van der Waals surface area contributed by atoms with Gasteiger partial charge in [-0.2, -0.15) is 0 Å². The van der Waals surface area contributed by atoms with E-state index in [4.69, 9.17) is 9.26 Å². The number of aromatic nitrogens is 1. The lowest BCUT2D eigenvalue weighted by atomic mass is 10.0. The summed E-state index contributed by atoms with van der Waals surface area (Å²) in [6.07, 6.45) is 4.29. The van der Waals surface area contributed by atoms with Crippen LogP contribution in [0.4, 0.5) is 4.79 Å². The second-order valence-electron chi connectivity index (χ2n) is 6.79. The van der Waals surface area contributed by atoms with Crippen molar-refractivity contribution in [1.29, 1.82) is 0 Å². The fourth-order valence-corrected chi connectivity index (χ4v) is 3.54. The predicted molar refractivity (Wildman–Crippen MR) is 99.1 cm³/mol. The average Bonchev–Trinajstić information content (AvgIpc) is 2.86. The third kappa shape index (κ3) is 4.00. The Labute approximate surface area is 154 Å². The van der Waals surface area contributed by atoms with Crippen molar-refractivity contribution < 1.29 is 14.1 Å². The van der Waals surface area contributed by atoms with Crippen molar-refractivity contribution in [2.24, 2.45) is 0 Å². The van der Waals surface area contributed by atoms with Gasteiger partial charge in [-0.3, -0.25) is 0 Å². The Morgan fingerprint density at radius 2 is 2.04 bits per heavy atom. The molecule has 1 N–H and O–H groups in total. The van der Waals surface area contributed by atoms with Gasteiger partial charge in [0.2, 0.25) is 0 Å². The standard InChI is InChI=1S/C20H27N3O3/c1-14-18(15(2)26-22-14)13-21-20(24)23-12-6-4-5-7-19(23)16-8-10-17(25-3)11-9-16/h8-11,19H,4-7,12-13H2,1-3H3,(H,21,24)/t19-/m1/s1. The number of nitrogens with zero attached hydrogens (tertiary/aromatic N) is 2. The Morgan fingerprint density at radius 1 is 1.27 bits per heavy atom. The van der Waals surface area contributed by atoms with Gasteiger partial charge in [0.25, 0.3) is 0 Å². The van der Waals surface area contributed by atoms with Crippen LogP contribution in [0.5, 0.6) is 5.75 Å². The Balaban J connectivity index is 1.74. The first kappa shape index (κ1) is 18.3. The maximum atomic E-state index is 12.9. The lowest BCUT2D eigenvalue weighted by molar-refractivity contribution is 0.175. The van der Waals surface area contributed by atoms with Crippen LogP contribution in [0.2, 0.25) is 0 Å². The van der Waals surface area contributed by atoms with E-state index in [2.05, 4.69) is 22.6 Å². The molecule has 3 rings (SSSR count). The molecule has 1 atom stereocenters. The van der Waals surface area contributed by atoms with Crippen LogP contribution >= 0.6 is 0 Å². The molecule has 1 aliphatic rings. The van der Waals surface area contributed by atoms with E-state index >= 15 is 0 Å². The summed E-state index contributed by atoms with van der Waals surface area (Å²) in [5.41, 5.74) is 2.93. The highest BCUT2D eigenvalue weighted by Gasteiger charge is 2.27. The van der Waals surface area contributed by atoms with E-state index in [9.17, 15) is 4.79 Å². The molecule has 2 heterocycles. The maximum absolute atomic E-state index is 12.9. The van der Waals surface area contributed by atoms with E-state index in [1.165, 1.54) is 0 Å². The molecule has 6 heteroatoms. The molecule has 0 saturated carbocycles. The van der Waals surface area contributed by atoms with Crippen molar-refractivity contribution in [2.45, 2.75) is 52.1 Å². The monoisotopic (exact) mass is 357 g/mol.